The predicted molar refractivity (Wildman–Crippen MR) is 280 cm³/mol. The van der Waals surface area contributed by atoms with E-state index in [1.54, 1.807) is 60.7 Å². The molecule has 5 aromatic carbocycles. The number of hydrogen-bond acceptors (Lipinski definition) is 14. The van der Waals surface area contributed by atoms with Gasteiger partial charge in [0.05, 0.1) is 25.4 Å². The molecule has 0 fully saturated rings. The van der Waals surface area contributed by atoms with E-state index in [2.05, 4.69) is 37.2 Å². The van der Waals surface area contributed by atoms with Crippen molar-refractivity contribution in [3.05, 3.63) is 161 Å². The summed E-state index contributed by atoms with van der Waals surface area (Å²) in [5, 5.41) is 75.8. The van der Waals surface area contributed by atoms with E-state index in [0.717, 1.165) is 0 Å². The molecule has 7 atom stereocenters. The summed E-state index contributed by atoms with van der Waals surface area (Å²) in [6, 6.07) is 22.0. The Morgan fingerprint density at radius 1 is 0.354 bits per heavy atom. The number of aliphatic carboxylic acids is 3. The molecule has 0 aliphatic rings. The highest BCUT2D eigenvalue weighted by Gasteiger charge is 2.34. The van der Waals surface area contributed by atoms with Crippen molar-refractivity contribution in [2.24, 2.45) is 5.73 Å². The van der Waals surface area contributed by atoms with E-state index in [-0.39, 0.29) is 49.4 Å². The van der Waals surface area contributed by atoms with Crippen molar-refractivity contribution in [1.29, 1.82) is 0 Å². The standard InChI is InChI=1S/C55H60N8O16/c56-39(28-47(68)69)49(72)59-40(24-33-11-17-36(64)18-12-33)50(73)57-30-46(67)58-41(25-34-13-19-37(65)20-14-34)51(74)60-43(26-35-15-21-38(66)22-16-35)52(75)61-42(23-31-7-3-1-4-8-31)53(76)62-44(29-48(70)71)54(77)63-45(55(78)79)27-32-9-5-2-6-10-32/h1-22,39-45,64-66H,23-30,56H2,(H,57,73)(H,58,67)(H,59,72)(H,60,74)(H,61,75)(H,62,76)(H,63,77)(H,68,69)(H,70,71)(H,78,79)/t39-,40-,41-,42-,43-,44-,45-/m0/s1. The van der Waals surface area contributed by atoms with Crippen molar-refractivity contribution in [2.75, 3.05) is 6.54 Å². The summed E-state index contributed by atoms with van der Waals surface area (Å²) >= 11 is 0. The lowest BCUT2D eigenvalue weighted by Gasteiger charge is -2.27. The molecule has 15 N–H and O–H groups in total. The fourth-order valence-electron chi connectivity index (χ4n) is 7.91. The van der Waals surface area contributed by atoms with Crippen LogP contribution in [0.15, 0.2) is 133 Å². The summed E-state index contributed by atoms with van der Waals surface area (Å²) in [6.45, 7) is -0.806. The maximum atomic E-state index is 14.6. The number of amides is 7. The predicted octanol–water partition coefficient (Wildman–Crippen LogP) is -0.297. The maximum absolute atomic E-state index is 14.6. The second-order valence-corrected chi connectivity index (χ2v) is 18.3. The molecule has 0 spiro atoms. The van der Waals surface area contributed by atoms with Gasteiger partial charge >= 0.3 is 17.9 Å². The second kappa shape index (κ2) is 29.5. The van der Waals surface area contributed by atoms with Gasteiger partial charge in [-0.1, -0.05) is 97.1 Å². The Hall–Kier alpha value is -9.84. The van der Waals surface area contributed by atoms with Crippen molar-refractivity contribution in [3.63, 3.8) is 0 Å². The Morgan fingerprint density at radius 2 is 0.658 bits per heavy atom. The monoisotopic (exact) mass is 1090 g/mol. The van der Waals surface area contributed by atoms with E-state index in [4.69, 9.17) is 10.8 Å². The zero-order chi connectivity index (χ0) is 57.6. The zero-order valence-electron chi connectivity index (χ0n) is 42.2. The largest absolute Gasteiger partial charge is 0.508 e. The maximum Gasteiger partial charge on any atom is 0.326 e. The lowest BCUT2D eigenvalue weighted by Crippen LogP contribution is -2.60. The third-order valence-electron chi connectivity index (χ3n) is 12.0. The van der Waals surface area contributed by atoms with Gasteiger partial charge in [-0.05, 0) is 64.2 Å². The average Bonchev–Trinajstić information content (AvgIpc) is 3.41. The number of carboxylic acids is 3. The molecule has 0 radical (unpaired) electrons. The Kier molecular flexibility index (Phi) is 22.4. The second-order valence-electron chi connectivity index (χ2n) is 18.3. The Balaban J connectivity index is 1.40. The normalized spacial score (nSPS) is 13.5. The first-order chi connectivity index (χ1) is 37.6. The third-order valence-corrected chi connectivity index (χ3v) is 12.0. The first kappa shape index (κ1) is 60.0. The molecule has 5 rings (SSSR count). The minimum absolute atomic E-state index is 0.0947. The van der Waals surface area contributed by atoms with Crippen molar-refractivity contribution in [1.82, 2.24) is 37.2 Å². The topological polar surface area (TPSA) is 402 Å². The van der Waals surface area contributed by atoms with Crippen LogP contribution in [0.2, 0.25) is 0 Å². The smallest absolute Gasteiger partial charge is 0.326 e. The van der Waals surface area contributed by atoms with Gasteiger partial charge in [0.2, 0.25) is 41.4 Å². The highest BCUT2D eigenvalue weighted by molar-refractivity contribution is 5.98. The molecule has 0 unspecified atom stereocenters. The molecule has 0 bridgehead atoms. The quantitative estimate of drug-likeness (QED) is 0.0292. The molecule has 0 aromatic heterocycles. The van der Waals surface area contributed by atoms with Gasteiger partial charge in [0.15, 0.2) is 0 Å². The highest BCUT2D eigenvalue weighted by Crippen LogP contribution is 2.16. The number of rotatable bonds is 29. The number of hydrogen-bond donors (Lipinski definition) is 14. The van der Waals surface area contributed by atoms with E-state index in [1.807, 2.05) is 0 Å². The first-order valence-corrected chi connectivity index (χ1v) is 24.5. The van der Waals surface area contributed by atoms with Crippen LogP contribution in [0.1, 0.15) is 40.7 Å². The number of carbonyl (C=O) groups is 10. The first-order valence-electron chi connectivity index (χ1n) is 24.5. The molecule has 0 heterocycles. The molecule has 0 aliphatic carbocycles. The van der Waals surface area contributed by atoms with Gasteiger partial charge in [-0.2, -0.15) is 0 Å². The van der Waals surface area contributed by atoms with E-state index in [1.165, 1.54) is 72.8 Å². The summed E-state index contributed by atoms with van der Waals surface area (Å²) < 4.78 is 0. The van der Waals surface area contributed by atoms with E-state index >= 15 is 0 Å². The Morgan fingerprint density at radius 3 is 1.04 bits per heavy atom. The minimum atomic E-state index is -1.86. The molecule has 24 heteroatoms. The summed E-state index contributed by atoms with van der Waals surface area (Å²) in [4.78, 5) is 133. The van der Waals surface area contributed by atoms with Gasteiger partial charge in [0, 0.05) is 32.1 Å². The summed E-state index contributed by atoms with van der Waals surface area (Å²) in [5.41, 5.74) is 7.96. The molecule has 5 aromatic rings. The van der Waals surface area contributed by atoms with Gasteiger partial charge in [-0.3, -0.25) is 43.2 Å². The van der Waals surface area contributed by atoms with Gasteiger partial charge in [0.25, 0.3) is 0 Å². The number of nitrogens with one attached hydrogen (secondary N) is 7. The molecule has 416 valence electrons. The van der Waals surface area contributed by atoms with E-state index in [0.29, 0.717) is 27.8 Å². The van der Waals surface area contributed by atoms with Crippen LogP contribution in [0.5, 0.6) is 17.2 Å². The number of carbonyl (C=O) groups excluding carboxylic acids is 7. The van der Waals surface area contributed by atoms with Crippen molar-refractivity contribution < 1.29 is 78.6 Å². The summed E-state index contributed by atoms with van der Waals surface area (Å²) in [6.07, 6.45) is -3.00. The summed E-state index contributed by atoms with van der Waals surface area (Å²) in [7, 11) is 0. The molecular weight excluding hydrogens is 1030 g/mol. The van der Waals surface area contributed by atoms with Crippen molar-refractivity contribution in [2.45, 2.75) is 87.2 Å². The SMILES string of the molecule is N[C@@H](CC(=O)O)C(=O)N[C@@H](Cc1ccc(O)cc1)C(=O)NCC(=O)N[C@@H](Cc1ccc(O)cc1)C(=O)N[C@@H](Cc1ccc(O)cc1)C(=O)N[C@@H](Cc1ccccc1)C(=O)N[C@@H](CC(=O)O)C(=O)N[C@@H](Cc1ccccc1)C(=O)O. The fourth-order valence-corrected chi connectivity index (χ4v) is 7.91. The van der Waals surface area contributed by atoms with E-state index < -0.39 is 121 Å². The van der Waals surface area contributed by atoms with Crippen LogP contribution in [0.25, 0.3) is 0 Å². The van der Waals surface area contributed by atoms with Crippen LogP contribution in [0.4, 0.5) is 0 Å². The number of benzene rings is 5. The molecule has 0 aliphatic heterocycles. The van der Waals surface area contributed by atoms with Crippen molar-refractivity contribution in [3.8, 4) is 17.2 Å². The number of nitrogens with two attached hydrogens (primary N) is 1. The summed E-state index contributed by atoms with van der Waals surface area (Å²) in [5.74, 6) is -11.8. The molecule has 24 nitrogen and oxygen atoms in total. The van der Waals surface area contributed by atoms with Crippen LogP contribution >= 0.6 is 0 Å². The molecule has 0 saturated carbocycles. The molecule has 79 heavy (non-hydrogen) atoms. The average molecular weight is 1090 g/mol. The molecule has 7 amide bonds. The van der Waals surface area contributed by atoms with E-state index in [9.17, 15) is 73.5 Å². The lowest BCUT2D eigenvalue weighted by molar-refractivity contribution is -0.143. The number of phenolic OH excluding ortho intramolecular Hbond substituents is 3. The Labute approximate surface area is 451 Å². The Bertz CT molecular complexity index is 2930. The van der Waals surface area contributed by atoms with Crippen molar-refractivity contribution >= 4 is 59.3 Å². The number of carboxylic acid groups (broad SMARTS) is 3. The fraction of sp³-hybridized carbons (Fsp3) is 0.273. The van der Waals surface area contributed by atoms with Gasteiger partial charge in [-0.15, -0.1) is 0 Å². The van der Waals surface area contributed by atoms with Gasteiger partial charge < -0.3 is 73.6 Å². The molecular formula is C55H60N8O16. The highest BCUT2D eigenvalue weighted by atomic mass is 16.4. The van der Waals surface area contributed by atoms with Gasteiger partial charge in [-0.25, -0.2) is 4.79 Å². The van der Waals surface area contributed by atoms with Crippen LogP contribution in [0.3, 0.4) is 0 Å². The number of phenols is 3. The van der Waals surface area contributed by atoms with Crippen LogP contribution in [-0.4, -0.2) is 139 Å². The van der Waals surface area contributed by atoms with Crippen LogP contribution in [-0.2, 0) is 80.0 Å². The van der Waals surface area contributed by atoms with Gasteiger partial charge in [0.1, 0.15) is 53.5 Å². The molecule has 0 saturated heterocycles. The number of aromatic hydroxyl groups is 3. The lowest BCUT2D eigenvalue weighted by atomic mass is 10.0. The van der Waals surface area contributed by atoms with Crippen LogP contribution in [0, 0.1) is 0 Å². The minimum Gasteiger partial charge on any atom is -0.508 e. The zero-order valence-corrected chi connectivity index (χ0v) is 42.2. The third kappa shape index (κ3) is 20.3. The van der Waals surface area contributed by atoms with Crippen LogP contribution < -0.4 is 43.0 Å².